The van der Waals surface area contributed by atoms with E-state index in [1.54, 1.807) is 11.3 Å². The Labute approximate surface area is 173 Å². The third kappa shape index (κ3) is 3.42. The number of piperazine rings is 1. The van der Waals surface area contributed by atoms with Gasteiger partial charge in [-0.15, -0.1) is 11.3 Å². The smallest absolute Gasteiger partial charge is 0.141 e. The Hall–Kier alpha value is -3.06. The Bertz CT molecular complexity index is 1150. The lowest BCUT2D eigenvalue weighted by Crippen LogP contribution is -2.47. The monoisotopic (exact) mass is 402 g/mol. The molecule has 1 fully saturated rings. The van der Waals surface area contributed by atoms with Gasteiger partial charge in [-0.1, -0.05) is 30.3 Å². The Kier molecular flexibility index (Phi) is 4.60. The fraction of sp³-hybridized carbons (Fsp3) is 0.273. The number of fused-ring (bicyclic) bond motifs is 1. The largest absolute Gasteiger partial charge is 0.353 e. The van der Waals surface area contributed by atoms with Gasteiger partial charge >= 0.3 is 0 Å². The van der Waals surface area contributed by atoms with Crippen LogP contribution in [0.4, 0.5) is 11.6 Å². The molecule has 0 saturated carbocycles. The van der Waals surface area contributed by atoms with E-state index in [4.69, 9.17) is 9.97 Å². The van der Waals surface area contributed by atoms with Gasteiger partial charge in [0.25, 0.3) is 0 Å². The molecule has 146 valence electrons. The second-order valence-electron chi connectivity index (χ2n) is 7.23. The standard InChI is InChI=1S/C22H22N6S/c1-15-23-9-8-19(24-15)27-10-12-28(13-11-27)21-20-18(17-6-4-3-5-7-17)14-29-22(20)26-16(2)25-21/h3-9,14H,10-13H2,1-2H3. The number of benzene rings is 1. The summed E-state index contributed by atoms with van der Waals surface area (Å²) >= 11 is 1.69. The van der Waals surface area contributed by atoms with Crippen molar-refractivity contribution in [2.75, 3.05) is 36.0 Å². The van der Waals surface area contributed by atoms with Gasteiger partial charge in [0.2, 0.25) is 0 Å². The van der Waals surface area contributed by atoms with Crippen LogP contribution >= 0.6 is 11.3 Å². The van der Waals surface area contributed by atoms with Gasteiger partial charge in [-0.25, -0.2) is 19.9 Å². The lowest BCUT2D eigenvalue weighted by Gasteiger charge is -2.36. The van der Waals surface area contributed by atoms with Crippen molar-refractivity contribution in [1.82, 2.24) is 19.9 Å². The summed E-state index contributed by atoms with van der Waals surface area (Å²) in [4.78, 5) is 24.1. The van der Waals surface area contributed by atoms with E-state index in [1.807, 2.05) is 32.2 Å². The summed E-state index contributed by atoms with van der Waals surface area (Å²) in [6.07, 6.45) is 1.83. The van der Waals surface area contributed by atoms with Crippen LogP contribution in [0.1, 0.15) is 11.6 Å². The number of anilines is 2. The minimum atomic E-state index is 0.809. The summed E-state index contributed by atoms with van der Waals surface area (Å²) in [5, 5.41) is 3.37. The molecule has 5 rings (SSSR count). The number of hydrogen-bond acceptors (Lipinski definition) is 7. The van der Waals surface area contributed by atoms with Crippen LogP contribution in [0.3, 0.4) is 0 Å². The topological polar surface area (TPSA) is 58.0 Å². The predicted molar refractivity (Wildman–Crippen MR) is 119 cm³/mol. The van der Waals surface area contributed by atoms with E-state index in [0.717, 1.165) is 59.7 Å². The molecule has 1 saturated heterocycles. The van der Waals surface area contributed by atoms with Gasteiger partial charge < -0.3 is 9.80 Å². The normalized spacial score (nSPS) is 14.6. The summed E-state index contributed by atoms with van der Waals surface area (Å²) in [7, 11) is 0. The minimum absolute atomic E-state index is 0.809. The maximum atomic E-state index is 4.87. The molecule has 0 unspecified atom stereocenters. The van der Waals surface area contributed by atoms with Crippen LogP contribution in [0, 0.1) is 13.8 Å². The summed E-state index contributed by atoms with van der Waals surface area (Å²) in [6.45, 7) is 7.53. The summed E-state index contributed by atoms with van der Waals surface area (Å²) in [6, 6.07) is 12.5. The lowest BCUT2D eigenvalue weighted by atomic mass is 10.1. The molecule has 0 spiro atoms. The van der Waals surface area contributed by atoms with E-state index >= 15 is 0 Å². The van der Waals surface area contributed by atoms with Crippen molar-refractivity contribution in [3.8, 4) is 11.1 Å². The number of aryl methyl sites for hydroxylation is 2. The van der Waals surface area contributed by atoms with Gasteiger partial charge in [0.05, 0.1) is 5.39 Å². The molecule has 29 heavy (non-hydrogen) atoms. The molecule has 3 aromatic heterocycles. The first-order valence-electron chi connectivity index (χ1n) is 9.80. The molecular weight excluding hydrogens is 380 g/mol. The molecule has 0 atom stereocenters. The SMILES string of the molecule is Cc1nccc(N2CCN(c3nc(C)nc4scc(-c5ccccc5)c34)CC2)n1. The molecular formula is C22H22N6S. The molecule has 0 amide bonds. The Morgan fingerprint density at radius 1 is 0.828 bits per heavy atom. The molecule has 7 heteroatoms. The van der Waals surface area contributed by atoms with Crippen LogP contribution in [-0.2, 0) is 0 Å². The van der Waals surface area contributed by atoms with Crippen LogP contribution in [-0.4, -0.2) is 46.1 Å². The van der Waals surface area contributed by atoms with Gasteiger partial charge in [-0.3, -0.25) is 0 Å². The second kappa shape index (κ2) is 7.40. The number of aromatic nitrogens is 4. The van der Waals surface area contributed by atoms with Gasteiger partial charge in [0.15, 0.2) is 0 Å². The van der Waals surface area contributed by atoms with E-state index in [0.29, 0.717) is 0 Å². The molecule has 1 aliphatic rings. The maximum Gasteiger partial charge on any atom is 0.141 e. The summed E-state index contributed by atoms with van der Waals surface area (Å²) in [5.41, 5.74) is 2.43. The van der Waals surface area contributed by atoms with E-state index in [2.05, 4.69) is 49.4 Å². The highest BCUT2D eigenvalue weighted by Gasteiger charge is 2.23. The molecule has 6 nitrogen and oxygen atoms in total. The number of rotatable bonds is 3. The molecule has 1 aromatic carbocycles. The van der Waals surface area contributed by atoms with E-state index in [-0.39, 0.29) is 0 Å². The first-order valence-corrected chi connectivity index (χ1v) is 10.7. The maximum absolute atomic E-state index is 4.87. The molecule has 4 aromatic rings. The molecule has 0 bridgehead atoms. The zero-order chi connectivity index (χ0) is 19.8. The van der Waals surface area contributed by atoms with Crippen molar-refractivity contribution in [2.24, 2.45) is 0 Å². The van der Waals surface area contributed by atoms with Crippen molar-refractivity contribution in [2.45, 2.75) is 13.8 Å². The van der Waals surface area contributed by atoms with Gasteiger partial charge in [0, 0.05) is 43.3 Å². The highest BCUT2D eigenvalue weighted by atomic mass is 32.1. The summed E-state index contributed by atoms with van der Waals surface area (Å²) in [5.74, 6) is 3.68. The first kappa shape index (κ1) is 18.0. The third-order valence-corrected chi connectivity index (χ3v) is 6.15. The Morgan fingerprint density at radius 2 is 1.59 bits per heavy atom. The van der Waals surface area contributed by atoms with Crippen LogP contribution in [0.15, 0.2) is 48.0 Å². The van der Waals surface area contributed by atoms with Gasteiger partial charge in [-0.05, 0) is 25.5 Å². The van der Waals surface area contributed by atoms with Gasteiger partial charge in [0.1, 0.15) is 28.1 Å². The van der Waals surface area contributed by atoms with Gasteiger partial charge in [-0.2, -0.15) is 0 Å². The highest BCUT2D eigenvalue weighted by Crippen LogP contribution is 2.38. The van der Waals surface area contributed by atoms with E-state index in [1.165, 1.54) is 11.1 Å². The molecule has 0 N–H and O–H groups in total. The quantitative estimate of drug-likeness (QED) is 0.514. The zero-order valence-corrected chi connectivity index (χ0v) is 17.4. The average molecular weight is 403 g/mol. The van der Waals surface area contributed by atoms with Crippen LogP contribution in [0.5, 0.6) is 0 Å². The molecule has 4 heterocycles. The van der Waals surface area contributed by atoms with Crippen LogP contribution in [0.2, 0.25) is 0 Å². The van der Waals surface area contributed by atoms with Crippen molar-refractivity contribution < 1.29 is 0 Å². The van der Waals surface area contributed by atoms with Crippen molar-refractivity contribution in [3.63, 3.8) is 0 Å². The van der Waals surface area contributed by atoms with Crippen molar-refractivity contribution in [1.29, 1.82) is 0 Å². The van der Waals surface area contributed by atoms with E-state index < -0.39 is 0 Å². The first-order chi connectivity index (χ1) is 14.2. The summed E-state index contributed by atoms with van der Waals surface area (Å²) < 4.78 is 0. The fourth-order valence-corrected chi connectivity index (χ4v) is 4.84. The van der Waals surface area contributed by atoms with Crippen molar-refractivity contribution >= 4 is 33.2 Å². The number of thiophene rings is 1. The highest BCUT2D eigenvalue weighted by molar-refractivity contribution is 7.17. The van der Waals surface area contributed by atoms with Crippen molar-refractivity contribution in [3.05, 3.63) is 59.6 Å². The minimum Gasteiger partial charge on any atom is -0.353 e. The number of nitrogens with zero attached hydrogens (tertiary/aromatic N) is 6. The lowest BCUT2D eigenvalue weighted by molar-refractivity contribution is 0.640. The average Bonchev–Trinajstić information content (AvgIpc) is 3.18. The molecule has 0 aliphatic carbocycles. The third-order valence-electron chi connectivity index (χ3n) is 5.28. The zero-order valence-electron chi connectivity index (χ0n) is 16.5. The van der Waals surface area contributed by atoms with Crippen LogP contribution in [0.25, 0.3) is 21.3 Å². The molecule has 1 aliphatic heterocycles. The fourth-order valence-electron chi connectivity index (χ4n) is 3.85. The number of hydrogen-bond donors (Lipinski definition) is 0. The van der Waals surface area contributed by atoms with E-state index in [9.17, 15) is 0 Å². The Balaban J connectivity index is 1.48. The second-order valence-corrected chi connectivity index (χ2v) is 8.08. The molecule has 0 radical (unpaired) electrons. The predicted octanol–water partition coefficient (Wildman–Crippen LogP) is 4.09. The van der Waals surface area contributed by atoms with Crippen LogP contribution < -0.4 is 9.80 Å². The Morgan fingerprint density at radius 3 is 2.34 bits per heavy atom.